The number of methoxy groups -OCH3 is 3. The number of rotatable bonds is 19. The number of halogens is 1. The lowest BCUT2D eigenvalue weighted by molar-refractivity contribution is -0.742. The Morgan fingerprint density at radius 2 is 0.650 bits per heavy atom. The standard InChI is InChI=1S/C20H22N2O5.C20H24N2O3.C13H9NO4.C13H10O2.C7H15NO2.ClH.HNO3/c1-13(2)18(20(24)27-4)21(3)19(23)16-7-5-14(6-8-16)15-9-11-17(12-10-15)22(25)26;1-13(2)18(20(24)25-4)22(3)19(23)16-7-5-14(6-8-16)15-9-11-17(21)12-10-15;15-13(16)11-3-1-9(2-4-11)10-5-7-12(8-6-10)14(17)18;14-13(15)12-8-6-11(7-9-12)10-4-2-1-3-5-10;1-5(2)6(8-3)7(9)10-4;;2-1(3)4/h5-13,18H,1-4H3;5-13,18H,21H2,1-4H3;1-8H,(H,15,16);1-9H,(H,14,15);5-6,8H,1-4H3;1H;(H,2,3,4)/t2*18-;;;6-;;/m00..0../s1. The van der Waals surface area contributed by atoms with E-state index in [4.69, 9.17) is 40.7 Å². The van der Waals surface area contributed by atoms with Gasteiger partial charge in [0.2, 0.25) is 0 Å². The highest BCUT2D eigenvalue weighted by atomic mass is 35.5. The fraction of sp³-hybridized carbons (Fsp3) is 0.247. The maximum atomic E-state index is 12.7. The molecule has 0 bridgehead atoms. The van der Waals surface area contributed by atoms with Gasteiger partial charge in [-0.05, 0) is 154 Å². The van der Waals surface area contributed by atoms with E-state index in [1.54, 1.807) is 106 Å². The summed E-state index contributed by atoms with van der Waals surface area (Å²) in [6, 6.07) is 55.6. The van der Waals surface area contributed by atoms with Gasteiger partial charge in [0.15, 0.2) is 0 Å². The van der Waals surface area contributed by atoms with Crippen molar-refractivity contribution in [3.05, 3.63) is 253 Å². The van der Waals surface area contributed by atoms with Crippen LogP contribution in [0.2, 0.25) is 0 Å². The van der Waals surface area contributed by atoms with Crippen molar-refractivity contribution in [2.45, 2.75) is 59.7 Å². The van der Waals surface area contributed by atoms with E-state index >= 15 is 0 Å². The first-order valence-corrected chi connectivity index (χ1v) is 30.4. The number of nitrogens with one attached hydrogen (secondary N) is 1. The van der Waals surface area contributed by atoms with Crippen LogP contribution in [0.5, 0.6) is 0 Å². The van der Waals surface area contributed by atoms with Gasteiger partial charge in [-0.3, -0.25) is 34.6 Å². The fourth-order valence-electron chi connectivity index (χ4n) is 9.59. The number of nitrogens with two attached hydrogens (primary N) is 1. The van der Waals surface area contributed by atoms with Crippen molar-refractivity contribution in [3.8, 4) is 44.5 Å². The molecular formula is C73H82ClN7O19. The van der Waals surface area contributed by atoms with E-state index in [2.05, 4.69) is 10.1 Å². The Balaban J connectivity index is 0.000000431. The van der Waals surface area contributed by atoms with Crippen LogP contribution in [-0.4, -0.2) is 142 Å². The van der Waals surface area contributed by atoms with Crippen LogP contribution in [0.15, 0.2) is 200 Å². The molecule has 0 heterocycles. The van der Waals surface area contributed by atoms with E-state index in [0.717, 1.165) is 44.5 Å². The number of ether oxygens (including phenoxy) is 3. The summed E-state index contributed by atoms with van der Waals surface area (Å²) in [6.45, 7) is 11.4. The van der Waals surface area contributed by atoms with E-state index in [9.17, 15) is 53.8 Å². The molecule has 6 N–H and O–H groups in total. The maximum Gasteiger partial charge on any atom is 0.335 e. The Hall–Kier alpha value is -11.9. The molecule has 26 nitrogen and oxygen atoms in total. The molecule has 2 amide bonds. The molecule has 0 saturated carbocycles. The Labute approximate surface area is 584 Å². The maximum absolute atomic E-state index is 12.7. The van der Waals surface area contributed by atoms with Gasteiger partial charge < -0.3 is 50.5 Å². The number of likely N-dealkylation sites (N-methyl/N-ethyl adjacent to an activating group) is 3. The van der Waals surface area contributed by atoms with E-state index in [0.29, 0.717) is 22.4 Å². The van der Waals surface area contributed by atoms with Crippen LogP contribution in [0.3, 0.4) is 0 Å². The number of aromatic carboxylic acids is 2. The number of amides is 2. The van der Waals surface area contributed by atoms with E-state index in [1.807, 2.05) is 120 Å². The van der Waals surface area contributed by atoms with Crippen molar-refractivity contribution in [2.24, 2.45) is 17.8 Å². The molecule has 0 aromatic heterocycles. The van der Waals surface area contributed by atoms with Crippen LogP contribution >= 0.6 is 12.4 Å². The smallest absolute Gasteiger partial charge is 0.335 e. The van der Waals surface area contributed by atoms with Crippen molar-refractivity contribution >= 4 is 71.1 Å². The van der Waals surface area contributed by atoms with Crippen LogP contribution in [-0.2, 0) is 28.6 Å². The average Bonchev–Trinajstić information content (AvgIpc) is 0.828. The van der Waals surface area contributed by atoms with E-state index in [-0.39, 0.29) is 70.9 Å². The number of nitrogens with zero attached hydrogens (tertiary/aromatic N) is 5. The second kappa shape index (κ2) is 41.9. The monoisotopic (exact) mass is 1400 g/mol. The van der Waals surface area contributed by atoms with Crippen LogP contribution in [0.4, 0.5) is 17.1 Å². The minimum Gasteiger partial charge on any atom is -0.478 e. The third kappa shape index (κ3) is 26.3. The molecule has 0 fully saturated rings. The van der Waals surface area contributed by atoms with Crippen molar-refractivity contribution in [1.29, 1.82) is 0 Å². The summed E-state index contributed by atoms with van der Waals surface area (Å²) in [5.74, 6) is -3.30. The fourth-order valence-corrected chi connectivity index (χ4v) is 9.59. The van der Waals surface area contributed by atoms with Gasteiger partial charge >= 0.3 is 29.8 Å². The van der Waals surface area contributed by atoms with Gasteiger partial charge in [0, 0.05) is 55.2 Å². The molecule has 27 heteroatoms. The van der Waals surface area contributed by atoms with Crippen LogP contribution in [0, 0.1) is 48.1 Å². The molecule has 0 aliphatic heterocycles. The number of carbonyl (C=O) groups excluding carboxylic acids is 5. The van der Waals surface area contributed by atoms with Crippen LogP contribution in [0.25, 0.3) is 44.5 Å². The molecule has 530 valence electrons. The number of carbonyl (C=O) groups is 7. The molecule has 0 saturated heterocycles. The summed E-state index contributed by atoms with van der Waals surface area (Å²) in [4.78, 5) is 113. The number of nitro benzene ring substituents is 2. The highest BCUT2D eigenvalue weighted by Gasteiger charge is 2.32. The third-order valence-electron chi connectivity index (χ3n) is 14.8. The molecule has 0 aliphatic carbocycles. The van der Waals surface area contributed by atoms with Crippen LogP contribution in [0.1, 0.15) is 83.0 Å². The van der Waals surface area contributed by atoms with Gasteiger partial charge in [-0.15, -0.1) is 22.5 Å². The van der Waals surface area contributed by atoms with E-state index in [1.165, 1.54) is 67.5 Å². The topological polar surface area (TPSA) is 382 Å². The molecule has 0 aliphatic rings. The first-order valence-electron chi connectivity index (χ1n) is 30.4. The highest BCUT2D eigenvalue weighted by molar-refractivity contribution is 5.98. The average molecular weight is 1400 g/mol. The number of non-ortho nitro benzene ring substituents is 2. The van der Waals surface area contributed by atoms with Gasteiger partial charge in [-0.1, -0.05) is 133 Å². The van der Waals surface area contributed by atoms with E-state index < -0.39 is 50.9 Å². The number of nitrogen functional groups attached to an aromatic ring is 1. The quantitative estimate of drug-likeness (QED) is 0.0165. The van der Waals surface area contributed by atoms with Crippen LogP contribution < -0.4 is 11.1 Å². The lowest BCUT2D eigenvalue weighted by Gasteiger charge is -2.29. The predicted molar refractivity (Wildman–Crippen MR) is 380 cm³/mol. The van der Waals surface area contributed by atoms with Gasteiger partial charge in [0.05, 0.1) is 42.3 Å². The van der Waals surface area contributed by atoms with Gasteiger partial charge in [0.25, 0.3) is 28.3 Å². The van der Waals surface area contributed by atoms with Gasteiger partial charge in [-0.2, -0.15) is 0 Å². The second-order valence-corrected chi connectivity index (χ2v) is 22.5. The number of hydrogen-bond donors (Lipinski definition) is 5. The second-order valence-electron chi connectivity index (χ2n) is 22.5. The Bertz CT molecular complexity index is 3900. The van der Waals surface area contributed by atoms with Crippen molar-refractivity contribution < 1.29 is 78.1 Å². The summed E-state index contributed by atoms with van der Waals surface area (Å²) in [7, 11) is 8.98. The molecule has 100 heavy (non-hydrogen) atoms. The number of anilines is 1. The lowest BCUT2D eigenvalue weighted by Crippen LogP contribution is -2.46. The third-order valence-corrected chi connectivity index (χ3v) is 14.8. The summed E-state index contributed by atoms with van der Waals surface area (Å²) in [5, 5.41) is 55.3. The summed E-state index contributed by atoms with van der Waals surface area (Å²) < 4.78 is 14.2. The number of carboxylic acid groups (broad SMARTS) is 2. The summed E-state index contributed by atoms with van der Waals surface area (Å²) in [5.41, 5.74) is 15.3. The summed E-state index contributed by atoms with van der Waals surface area (Å²) >= 11 is 0. The Morgan fingerprint density at radius 1 is 0.410 bits per heavy atom. The van der Waals surface area contributed by atoms with Crippen molar-refractivity contribution in [3.63, 3.8) is 0 Å². The largest absolute Gasteiger partial charge is 0.478 e. The highest BCUT2D eigenvalue weighted by Crippen LogP contribution is 2.27. The first kappa shape index (κ1) is 84.2. The number of esters is 3. The zero-order valence-electron chi connectivity index (χ0n) is 57.1. The Kier molecular flexibility index (Phi) is 35.3. The number of hydrogen-bond acceptors (Lipinski definition) is 18. The van der Waals surface area contributed by atoms with Gasteiger partial charge in [0.1, 0.15) is 18.1 Å². The predicted octanol–water partition coefficient (Wildman–Crippen LogP) is 13.2. The number of benzene rings is 8. The zero-order chi connectivity index (χ0) is 74.2. The number of carboxylic acids is 2. The van der Waals surface area contributed by atoms with Crippen molar-refractivity contribution in [2.75, 3.05) is 48.2 Å². The molecule has 0 unspecified atom stereocenters. The molecule has 8 aromatic carbocycles. The molecule has 3 atom stereocenters. The molecular weight excluding hydrogens is 1310 g/mol. The zero-order valence-corrected chi connectivity index (χ0v) is 57.9. The molecule has 8 rings (SSSR count). The SMILES string of the molecule is CN[C@H](C(=O)OC)C(C)C.COC(=O)[C@H](C(C)C)N(C)C(=O)c1ccc(-c2ccc(N)cc2)cc1.COC(=O)[C@H](C(C)C)N(C)C(=O)c1ccc(-c2ccc([N+](=O)[O-])cc2)cc1.Cl.O=C(O)c1ccc(-c2ccc([N+](=O)[O-])cc2)cc1.O=C(O)c1ccc(-c2ccccc2)cc1.O=[N+]([O-])O. The first-order chi connectivity index (χ1) is 46.8. The van der Waals surface area contributed by atoms with Gasteiger partial charge in [-0.25, -0.2) is 19.2 Å². The minimum atomic E-state index is -1.50. The molecule has 0 radical (unpaired) electrons. The lowest BCUT2D eigenvalue weighted by atomic mass is 10.0. The normalized spacial score (nSPS) is 11.0. The summed E-state index contributed by atoms with van der Waals surface area (Å²) in [6.07, 6.45) is 0. The Morgan fingerprint density at radius 3 is 0.860 bits per heavy atom. The van der Waals surface area contributed by atoms with Crippen molar-refractivity contribution in [1.82, 2.24) is 15.1 Å². The molecule has 0 spiro atoms. The minimum absolute atomic E-state index is 0. The molecule has 8 aromatic rings. The number of nitro groups is 2.